The van der Waals surface area contributed by atoms with Crippen LogP contribution < -0.4 is 10.6 Å². The molecule has 20 heteroatoms. The monoisotopic (exact) mass is 746 g/mol. The number of Topliss-reactive ketones (excluding diaryl/α,β-unsaturated/α-hetero) is 1. The van der Waals surface area contributed by atoms with Crippen LogP contribution in [0, 0.1) is 0 Å². The van der Waals surface area contributed by atoms with Gasteiger partial charge in [-0.15, -0.1) is 58.8 Å². The molecule has 1 unspecified atom stereocenters. The lowest BCUT2D eigenvalue weighted by molar-refractivity contribution is -0.115. The number of nitrogens with one attached hydrogen (secondary N) is 2. The van der Waals surface area contributed by atoms with Crippen molar-refractivity contribution in [2.45, 2.75) is 0 Å². The number of hydrogen-bond donors (Lipinski definition) is 4. The highest BCUT2D eigenvalue weighted by molar-refractivity contribution is 8.27. The van der Waals surface area contributed by atoms with Crippen molar-refractivity contribution in [1.29, 1.82) is 0 Å². The summed E-state index contributed by atoms with van der Waals surface area (Å²) >= 11 is 11.4. The van der Waals surface area contributed by atoms with E-state index in [1.165, 1.54) is 64.4 Å². The Morgan fingerprint density at radius 3 is 2.34 bits per heavy atom. The van der Waals surface area contributed by atoms with E-state index in [-0.39, 0.29) is 35.4 Å². The van der Waals surface area contributed by atoms with Gasteiger partial charge in [-0.05, 0) is 0 Å². The van der Waals surface area contributed by atoms with E-state index < -0.39 is 16.9 Å². The first-order valence-corrected chi connectivity index (χ1v) is 22.4. The normalized spacial score (nSPS) is 12.1. The second-order valence-electron chi connectivity index (χ2n) is 6.87. The minimum Gasteiger partial charge on any atom is -0.438 e. The lowest BCUT2D eigenvalue weighted by atomic mass is 10.4. The first kappa shape index (κ1) is 41.6. The summed E-state index contributed by atoms with van der Waals surface area (Å²) in [5.74, 6) is 3.70. The number of carbonyl (C=O) groups is 3. The fourth-order valence-corrected chi connectivity index (χ4v) is 9.01. The molecule has 0 aliphatic carbocycles. The number of hydrogen-bond acceptors (Lipinski definition) is 17. The number of rotatable bonds is 28. The highest BCUT2D eigenvalue weighted by Gasteiger charge is 2.04. The van der Waals surface area contributed by atoms with Crippen molar-refractivity contribution in [3.63, 3.8) is 0 Å². The van der Waals surface area contributed by atoms with Crippen molar-refractivity contribution in [1.82, 2.24) is 10.6 Å². The van der Waals surface area contributed by atoms with Crippen molar-refractivity contribution in [2.24, 2.45) is 9.98 Å². The van der Waals surface area contributed by atoms with Gasteiger partial charge in [0.1, 0.15) is 5.94 Å². The number of carbonyl (C=O) groups excluding carboxylic acids is 3. The Morgan fingerprint density at radius 2 is 1.56 bits per heavy atom. The maximum absolute atomic E-state index is 12.0. The van der Waals surface area contributed by atoms with Crippen LogP contribution in [0.1, 0.15) is 0 Å². The number of aliphatic hydroxyl groups is 2. The number of alkyl carbamates (subject to hydrolysis) is 1. The van der Waals surface area contributed by atoms with Crippen molar-refractivity contribution < 1.29 is 33.5 Å². The summed E-state index contributed by atoms with van der Waals surface area (Å²) in [7, 11) is -1.19. The highest BCUT2D eigenvalue weighted by atomic mass is 32.2. The van der Waals surface area contributed by atoms with Crippen LogP contribution in [0.4, 0.5) is 9.59 Å². The summed E-state index contributed by atoms with van der Waals surface area (Å²) in [5.41, 5.74) is 1.44. The molecular formula is C21H38N4O7S9. The second kappa shape index (κ2) is 33.5. The topological polar surface area (TPSA) is 167 Å². The minimum absolute atomic E-state index is 0.0509. The van der Waals surface area contributed by atoms with Crippen molar-refractivity contribution >= 4 is 134 Å². The van der Waals surface area contributed by atoms with Gasteiger partial charge in [-0.25, -0.2) is 4.79 Å². The molecule has 0 heterocycles. The first-order valence-electron chi connectivity index (χ1n) is 11.9. The van der Waals surface area contributed by atoms with E-state index in [2.05, 4.69) is 20.6 Å². The lowest BCUT2D eigenvalue weighted by Gasteiger charge is -2.06. The summed E-state index contributed by atoms with van der Waals surface area (Å²) in [4.78, 5) is 43.2. The molecule has 0 bridgehead atoms. The van der Waals surface area contributed by atoms with E-state index in [9.17, 15) is 18.6 Å². The number of amides is 2. The molecule has 4 N–H and O–H groups in total. The third-order valence-corrected chi connectivity index (χ3v) is 12.9. The molecule has 0 aliphatic rings. The average Bonchev–Trinajstić information content (AvgIpc) is 2.96. The number of aliphatic hydroxyl groups excluding tert-OH is 2. The number of thioether (sulfide) groups is 8. The van der Waals surface area contributed by atoms with Gasteiger partial charge in [0.25, 0.3) is 5.24 Å². The molecule has 0 fully saturated rings. The predicted molar refractivity (Wildman–Crippen MR) is 191 cm³/mol. The fraction of sp³-hybridized carbons (Fsp3) is 0.762. The van der Waals surface area contributed by atoms with Gasteiger partial charge in [0.15, 0.2) is 5.78 Å². The number of ketones is 1. The zero-order chi connectivity index (χ0) is 30.2. The minimum atomic E-state index is -1.19. The molecule has 0 radical (unpaired) electrons. The van der Waals surface area contributed by atoms with Gasteiger partial charge in [-0.2, -0.15) is 23.5 Å². The summed E-state index contributed by atoms with van der Waals surface area (Å²) in [6.45, 7) is 1.73. The molecule has 1 atom stereocenters. The molecule has 2 amide bonds. The van der Waals surface area contributed by atoms with Crippen LogP contribution in [0.3, 0.4) is 0 Å². The summed E-state index contributed by atoms with van der Waals surface area (Å²) in [6.07, 6.45) is 1.26. The van der Waals surface area contributed by atoms with Gasteiger partial charge in [0.05, 0.1) is 45.6 Å². The zero-order valence-electron chi connectivity index (χ0n) is 22.5. The number of aliphatic imine (C=N–C) groups is 2. The molecule has 0 saturated heterocycles. The van der Waals surface area contributed by atoms with Gasteiger partial charge in [-0.1, -0.05) is 11.8 Å². The van der Waals surface area contributed by atoms with Crippen LogP contribution in [-0.4, -0.2) is 136 Å². The van der Waals surface area contributed by atoms with E-state index in [0.717, 1.165) is 29.0 Å². The molecular weight excluding hydrogens is 709 g/mol. The van der Waals surface area contributed by atoms with E-state index in [1.54, 1.807) is 29.7 Å². The molecule has 0 spiro atoms. The summed E-state index contributed by atoms with van der Waals surface area (Å²) < 4.78 is 17.0. The van der Waals surface area contributed by atoms with Crippen LogP contribution in [0.5, 0.6) is 0 Å². The van der Waals surface area contributed by atoms with Crippen LogP contribution in [-0.2, 0) is 20.3 Å². The third-order valence-electron chi connectivity index (χ3n) is 3.70. The number of nitrogens with zero attached hydrogens (tertiary/aromatic N) is 2. The highest BCUT2D eigenvalue weighted by Crippen LogP contribution is 2.14. The van der Waals surface area contributed by atoms with E-state index in [0.29, 0.717) is 51.5 Å². The lowest BCUT2D eigenvalue weighted by Crippen LogP contribution is -2.26. The fourth-order valence-electron chi connectivity index (χ4n) is 2.03. The van der Waals surface area contributed by atoms with Gasteiger partial charge in [-0.3, -0.25) is 23.8 Å². The van der Waals surface area contributed by atoms with E-state index >= 15 is 0 Å². The maximum Gasteiger partial charge on any atom is 0.407 e. The molecule has 0 aliphatic heterocycles. The molecule has 0 aromatic heterocycles. The maximum atomic E-state index is 12.0. The summed E-state index contributed by atoms with van der Waals surface area (Å²) in [5, 5.41) is 24.9. The summed E-state index contributed by atoms with van der Waals surface area (Å²) in [6, 6.07) is 0. The first-order chi connectivity index (χ1) is 20.0. The Balaban J connectivity index is 3.52. The van der Waals surface area contributed by atoms with Crippen molar-refractivity contribution in [2.75, 3.05) is 93.1 Å². The molecule has 0 rings (SSSR count). The third kappa shape index (κ3) is 33.4. The van der Waals surface area contributed by atoms with Gasteiger partial charge in [0, 0.05) is 64.1 Å². The van der Waals surface area contributed by atoms with Crippen LogP contribution in [0.2, 0.25) is 0 Å². The van der Waals surface area contributed by atoms with Crippen LogP contribution >= 0.6 is 94.1 Å². The quantitative estimate of drug-likeness (QED) is 0.0398. The average molecular weight is 747 g/mol. The molecule has 0 saturated carbocycles. The number of ether oxygens (including phenoxy) is 1. The Labute approximate surface area is 278 Å². The van der Waals surface area contributed by atoms with Gasteiger partial charge in [0.2, 0.25) is 0 Å². The Bertz CT molecular complexity index is 771. The van der Waals surface area contributed by atoms with Crippen LogP contribution in [0.25, 0.3) is 0 Å². The largest absolute Gasteiger partial charge is 0.438 e. The zero-order valence-corrected chi connectivity index (χ0v) is 29.8. The van der Waals surface area contributed by atoms with Crippen molar-refractivity contribution in [3.8, 4) is 0 Å². The molecule has 11 nitrogen and oxygen atoms in total. The molecule has 41 heavy (non-hydrogen) atoms. The molecule has 238 valence electrons. The molecule has 0 aromatic carbocycles. The van der Waals surface area contributed by atoms with E-state index in [4.69, 9.17) is 14.9 Å². The predicted octanol–water partition coefficient (Wildman–Crippen LogP) is 3.39. The Morgan fingerprint density at radius 1 is 0.829 bits per heavy atom. The molecule has 0 aromatic rings. The SMILES string of the molecule is O=C(CN=CCSCCNC(=O)SCSCS(=O)C=NCCSCCNC(=O)OCSCSCO)CSCSCO. The Hall–Kier alpha value is 0.620. The van der Waals surface area contributed by atoms with Gasteiger partial charge >= 0.3 is 6.09 Å². The Kier molecular flexibility index (Phi) is 34.0. The second-order valence-corrected chi connectivity index (χ2v) is 17.7. The van der Waals surface area contributed by atoms with E-state index in [1.807, 2.05) is 0 Å². The van der Waals surface area contributed by atoms with Crippen molar-refractivity contribution in [3.05, 3.63) is 0 Å². The van der Waals surface area contributed by atoms with Crippen LogP contribution in [0.15, 0.2) is 9.98 Å². The smallest absolute Gasteiger partial charge is 0.407 e. The standard InChI is InChI=1S/C21H38N4O7S9/c26-12-36-15-35-10-19(28)9-22-1-5-33-8-4-25-21(30)40-17-39-18-41(31)11-23-2-6-34-7-3-24-20(29)32-14-38-16-37-13-27/h1,11,26-27H,2-10,12-18H2,(H,24,29)(H,25,30). The van der Waals surface area contributed by atoms with Gasteiger partial charge < -0.3 is 25.6 Å².